The van der Waals surface area contributed by atoms with Crippen molar-refractivity contribution in [3.8, 4) is 0 Å². The Labute approximate surface area is 94.1 Å². The Morgan fingerprint density at radius 2 is 2.00 bits per heavy atom. The first kappa shape index (κ1) is 12.9. The van der Waals surface area contributed by atoms with Crippen LogP contribution in [0.2, 0.25) is 0 Å². The van der Waals surface area contributed by atoms with Crippen LogP contribution in [0.5, 0.6) is 0 Å². The van der Waals surface area contributed by atoms with E-state index in [1.165, 1.54) is 0 Å². The number of aliphatic hydroxyl groups is 1. The van der Waals surface area contributed by atoms with Crippen molar-refractivity contribution in [2.75, 3.05) is 32.7 Å². The molecule has 3 heteroatoms. The van der Waals surface area contributed by atoms with Gasteiger partial charge < -0.3 is 5.11 Å². The monoisotopic (exact) mass is 214 g/mol. The highest BCUT2D eigenvalue weighted by atomic mass is 16.3. The molecule has 0 bridgehead atoms. The highest BCUT2D eigenvalue weighted by molar-refractivity contribution is 4.80. The summed E-state index contributed by atoms with van der Waals surface area (Å²) in [6.45, 7) is 14.0. The van der Waals surface area contributed by atoms with E-state index < -0.39 is 0 Å². The van der Waals surface area contributed by atoms with Crippen molar-refractivity contribution in [1.29, 1.82) is 0 Å². The zero-order valence-corrected chi connectivity index (χ0v) is 10.6. The van der Waals surface area contributed by atoms with Gasteiger partial charge in [0.2, 0.25) is 0 Å². The molecule has 0 spiro atoms. The van der Waals surface area contributed by atoms with Crippen LogP contribution in [0.3, 0.4) is 0 Å². The lowest BCUT2D eigenvalue weighted by atomic mass is 10.1. The third kappa shape index (κ3) is 3.74. The first-order valence-electron chi connectivity index (χ1n) is 6.19. The Morgan fingerprint density at radius 3 is 2.47 bits per heavy atom. The van der Waals surface area contributed by atoms with Gasteiger partial charge in [0.25, 0.3) is 0 Å². The van der Waals surface area contributed by atoms with Crippen molar-refractivity contribution in [3.63, 3.8) is 0 Å². The third-order valence-corrected chi connectivity index (χ3v) is 3.47. The Balaban J connectivity index is 2.34. The highest BCUT2D eigenvalue weighted by Crippen LogP contribution is 2.11. The van der Waals surface area contributed by atoms with Crippen molar-refractivity contribution >= 4 is 0 Å². The van der Waals surface area contributed by atoms with E-state index in [2.05, 4.69) is 37.5 Å². The van der Waals surface area contributed by atoms with Gasteiger partial charge >= 0.3 is 0 Å². The van der Waals surface area contributed by atoms with Gasteiger partial charge in [-0.05, 0) is 19.4 Å². The lowest BCUT2D eigenvalue weighted by molar-refractivity contribution is 0.0317. The largest absolute Gasteiger partial charge is 0.392 e. The van der Waals surface area contributed by atoms with E-state index in [1.807, 2.05) is 0 Å². The van der Waals surface area contributed by atoms with Crippen LogP contribution in [0.25, 0.3) is 0 Å². The highest BCUT2D eigenvalue weighted by Gasteiger charge is 2.24. The summed E-state index contributed by atoms with van der Waals surface area (Å²) < 4.78 is 0. The van der Waals surface area contributed by atoms with Crippen LogP contribution in [-0.4, -0.2) is 59.8 Å². The lowest BCUT2D eigenvalue weighted by Crippen LogP contribution is -2.53. The maximum Gasteiger partial charge on any atom is 0.0689 e. The summed E-state index contributed by atoms with van der Waals surface area (Å²) >= 11 is 0. The number of aliphatic hydroxyl groups excluding tert-OH is 1. The predicted molar refractivity (Wildman–Crippen MR) is 64.0 cm³/mol. The fraction of sp³-hybridized carbons (Fsp3) is 1.00. The number of hydrogen-bond acceptors (Lipinski definition) is 3. The standard InChI is InChI=1S/C12H26N2O/c1-5-14-7-6-13(8-11(14)4)9-12(15)10(2)3/h10-12,15H,5-9H2,1-4H3. The van der Waals surface area contributed by atoms with E-state index in [-0.39, 0.29) is 6.10 Å². The second-order valence-electron chi connectivity index (χ2n) is 5.05. The first-order chi connectivity index (χ1) is 7.04. The molecule has 1 N–H and O–H groups in total. The molecule has 1 aliphatic rings. The number of hydrogen-bond donors (Lipinski definition) is 1. The average Bonchev–Trinajstić information content (AvgIpc) is 2.18. The molecule has 0 saturated carbocycles. The molecule has 0 aromatic heterocycles. The van der Waals surface area contributed by atoms with Crippen molar-refractivity contribution in [2.24, 2.45) is 5.92 Å². The zero-order chi connectivity index (χ0) is 11.4. The van der Waals surface area contributed by atoms with Crippen LogP contribution in [0.15, 0.2) is 0 Å². The van der Waals surface area contributed by atoms with Gasteiger partial charge in [0, 0.05) is 32.2 Å². The Morgan fingerprint density at radius 1 is 1.33 bits per heavy atom. The molecule has 90 valence electrons. The van der Waals surface area contributed by atoms with Gasteiger partial charge in [0.15, 0.2) is 0 Å². The summed E-state index contributed by atoms with van der Waals surface area (Å²) in [7, 11) is 0. The quantitative estimate of drug-likeness (QED) is 0.757. The number of piperazine rings is 1. The van der Waals surface area contributed by atoms with Crippen molar-refractivity contribution in [3.05, 3.63) is 0 Å². The Hall–Kier alpha value is -0.120. The summed E-state index contributed by atoms with van der Waals surface area (Å²) in [5, 5.41) is 9.83. The molecule has 0 amide bonds. The smallest absolute Gasteiger partial charge is 0.0689 e. The topological polar surface area (TPSA) is 26.7 Å². The lowest BCUT2D eigenvalue weighted by Gasteiger charge is -2.40. The van der Waals surface area contributed by atoms with E-state index in [1.54, 1.807) is 0 Å². The molecule has 1 heterocycles. The van der Waals surface area contributed by atoms with Gasteiger partial charge in [-0.3, -0.25) is 9.80 Å². The number of likely N-dealkylation sites (N-methyl/N-ethyl adjacent to an activating group) is 1. The molecule has 1 rings (SSSR count). The van der Waals surface area contributed by atoms with Gasteiger partial charge in [-0.25, -0.2) is 0 Å². The molecule has 0 radical (unpaired) electrons. The molecule has 1 fully saturated rings. The van der Waals surface area contributed by atoms with E-state index in [4.69, 9.17) is 0 Å². The summed E-state index contributed by atoms with van der Waals surface area (Å²) in [6, 6.07) is 0.628. The fourth-order valence-corrected chi connectivity index (χ4v) is 2.18. The average molecular weight is 214 g/mol. The molecular formula is C12H26N2O. The molecule has 0 aromatic carbocycles. The van der Waals surface area contributed by atoms with Crippen LogP contribution < -0.4 is 0 Å². The van der Waals surface area contributed by atoms with Crippen LogP contribution in [0.1, 0.15) is 27.7 Å². The predicted octanol–water partition coefficient (Wildman–Crippen LogP) is 1.03. The van der Waals surface area contributed by atoms with Crippen LogP contribution in [-0.2, 0) is 0 Å². The first-order valence-corrected chi connectivity index (χ1v) is 6.19. The summed E-state index contributed by atoms with van der Waals surface area (Å²) in [5.74, 6) is 0.365. The molecule has 3 nitrogen and oxygen atoms in total. The molecule has 0 aliphatic carbocycles. The molecule has 0 aromatic rings. The molecule has 1 saturated heterocycles. The number of rotatable bonds is 4. The minimum Gasteiger partial charge on any atom is -0.392 e. The second-order valence-corrected chi connectivity index (χ2v) is 5.05. The van der Waals surface area contributed by atoms with Gasteiger partial charge in [-0.2, -0.15) is 0 Å². The summed E-state index contributed by atoms with van der Waals surface area (Å²) in [6.07, 6.45) is -0.176. The molecule has 1 aliphatic heterocycles. The van der Waals surface area contributed by atoms with Crippen molar-refractivity contribution in [1.82, 2.24) is 9.80 Å². The number of β-amino-alcohol motifs (C(OH)–C–C–N with tert-alkyl or cyclic N) is 1. The van der Waals surface area contributed by atoms with Gasteiger partial charge in [-0.1, -0.05) is 20.8 Å². The van der Waals surface area contributed by atoms with Gasteiger partial charge in [0.1, 0.15) is 0 Å². The minimum absolute atomic E-state index is 0.176. The summed E-state index contributed by atoms with van der Waals surface area (Å²) in [4.78, 5) is 4.89. The van der Waals surface area contributed by atoms with Crippen molar-refractivity contribution < 1.29 is 5.11 Å². The van der Waals surface area contributed by atoms with Gasteiger partial charge in [-0.15, -0.1) is 0 Å². The molecule has 2 unspecified atom stereocenters. The minimum atomic E-state index is -0.176. The Bertz CT molecular complexity index is 184. The van der Waals surface area contributed by atoms with Crippen molar-refractivity contribution in [2.45, 2.75) is 39.8 Å². The van der Waals surface area contributed by atoms with Crippen LogP contribution in [0.4, 0.5) is 0 Å². The SMILES string of the molecule is CCN1CCN(CC(O)C(C)C)CC1C. The second kappa shape index (κ2) is 5.83. The fourth-order valence-electron chi connectivity index (χ4n) is 2.18. The third-order valence-electron chi connectivity index (χ3n) is 3.47. The van der Waals surface area contributed by atoms with E-state index in [9.17, 15) is 5.11 Å². The maximum atomic E-state index is 9.83. The number of nitrogens with zero attached hydrogens (tertiary/aromatic N) is 2. The van der Waals surface area contributed by atoms with E-state index >= 15 is 0 Å². The Kier molecular flexibility index (Phi) is 5.03. The summed E-state index contributed by atoms with van der Waals surface area (Å²) in [5.41, 5.74) is 0. The van der Waals surface area contributed by atoms with E-state index in [0.29, 0.717) is 12.0 Å². The zero-order valence-electron chi connectivity index (χ0n) is 10.6. The van der Waals surface area contributed by atoms with Gasteiger partial charge in [0.05, 0.1) is 6.10 Å². The molecule has 2 atom stereocenters. The maximum absolute atomic E-state index is 9.83. The van der Waals surface area contributed by atoms with E-state index in [0.717, 1.165) is 32.7 Å². The molecular weight excluding hydrogens is 188 g/mol. The van der Waals surface area contributed by atoms with Crippen LogP contribution in [0, 0.1) is 5.92 Å². The normalized spacial score (nSPS) is 27.2. The van der Waals surface area contributed by atoms with Crippen LogP contribution >= 0.6 is 0 Å². The molecule has 15 heavy (non-hydrogen) atoms.